The van der Waals surface area contributed by atoms with E-state index in [0.29, 0.717) is 11.3 Å². The van der Waals surface area contributed by atoms with Crippen LogP contribution in [0.25, 0.3) is 0 Å². The van der Waals surface area contributed by atoms with Gasteiger partial charge >= 0.3 is 12.2 Å². The molecule has 0 saturated carbocycles. The molecule has 1 unspecified atom stereocenters. The molecule has 5 rings (SSSR count). The highest BCUT2D eigenvalue weighted by Crippen LogP contribution is 2.59. The third-order valence-corrected chi connectivity index (χ3v) is 10.1. The number of hydrogen-bond donors (Lipinski definition) is 5. The van der Waals surface area contributed by atoms with Crippen LogP contribution in [-0.4, -0.2) is 101 Å². The van der Waals surface area contributed by atoms with E-state index in [1.807, 2.05) is 0 Å². The molecular formula is C35H43N7O11. The molecular weight excluding hydrogens is 694 g/mol. The number of primary amides is 2. The highest BCUT2D eigenvalue weighted by atomic mass is 16.6. The molecule has 4 aliphatic rings. The molecule has 53 heavy (non-hydrogen) atoms. The lowest BCUT2D eigenvalue weighted by atomic mass is 9.82. The number of nitrogens with zero attached hydrogens (tertiary/aromatic N) is 2. The van der Waals surface area contributed by atoms with Crippen molar-refractivity contribution in [1.82, 2.24) is 15.1 Å². The van der Waals surface area contributed by atoms with Gasteiger partial charge in [-0.05, 0) is 31.5 Å². The molecule has 18 nitrogen and oxygen atoms in total. The van der Waals surface area contributed by atoms with Crippen molar-refractivity contribution < 1.29 is 52.6 Å². The number of anilines is 1. The van der Waals surface area contributed by atoms with Crippen molar-refractivity contribution >= 4 is 52.9 Å². The van der Waals surface area contributed by atoms with Crippen LogP contribution in [0.4, 0.5) is 15.3 Å². The monoisotopic (exact) mass is 737 g/mol. The molecule has 5 amide bonds. The SMILES string of the molecule is CO[C@]12C3[C@H](CN1C1=C(C(=O)C(N)=C(C)C1=O)[C@H]2COC(N)=O)N3C(=O)OCc1ccc(NC(=O)[C@H](CC(N)=O)CC(=O)[C@H](C)NC(=O)C(C)C)cc1. The van der Waals surface area contributed by atoms with Gasteiger partial charge in [0.05, 0.1) is 35.3 Å². The van der Waals surface area contributed by atoms with Gasteiger partial charge < -0.3 is 46.9 Å². The van der Waals surface area contributed by atoms with Crippen LogP contribution in [0.3, 0.4) is 0 Å². The third-order valence-electron chi connectivity index (χ3n) is 10.1. The average Bonchev–Trinajstić information content (AvgIpc) is 3.62. The summed E-state index contributed by atoms with van der Waals surface area (Å²) in [6.07, 6.45) is -2.50. The first-order chi connectivity index (χ1) is 24.9. The number of amides is 5. The van der Waals surface area contributed by atoms with Crippen molar-refractivity contribution in [3.8, 4) is 0 Å². The topological polar surface area (TPSA) is 273 Å². The molecule has 2 fully saturated rings. The molecule has 1 aliphatic carbocycles. The highest BCUT2D eigenvalue weighted by Gasteiger charge is 2.78. The minimum atomic E-state index is -1.45. The molecule has 8 N–H and O–H groups in total. The van der Waals surface area contributed by atoms with Gasteiger partial charge in [-0.25, -0.2) is 9.59 Å². The fraction of sp³-hybridized carbons (Fsp3) is 0.486. The fourth-order valence-electron chi connectivity index (χ4n) is 7.25. The smallest absolute Gasteiger partial charge is 0.410 e. The lowest BCUT2D eigenvalue weighted by Crippen LogP contribution is -2.56. The maximum Gasteiger partial charge on any atom is 0.410 e. The van der Waals surface area contributed by atoms with E-state index in [1.54, 1.807) is 43.0 Å². The molecule has 1 aromatic carbocycles. The zero-order chi connectivity index (χ0) is 39.1. The number of Topliss-reactive ketones (excluding diaryl/α,β-unsaturated/α-hetero) is 3. The Bertz CT molecular complexity index is 1840. The van der Waals surface area contributed by atoms with Crippen LogP contribution in [-0.2, 0) is 49.6 Å². The average molecular weight is 738 g/mol. The number of ketones is 3. The van der Waals surface area contributed by atoms with E-state index in [0.717, 1.165) is 0 Å². The molecule has 0 spiro atoms. The quantitative estimate of drug-likeness (QED) is 0.124. The van der Waals surface area contributed by atoms with E-state index in [1.165, 1.54) is 25.9 Å². The van der Waals surface area contributed by atoms with Crippen LogP contribution in [0.2, 0.25) is 0 Å². The standard InChI is InChI=1S/C35H43N7O11/c1-15(2)31(47)39-17(4)23(43)10-19(11-24(36)44)32(48)40-20-8-6-18(7-9-20)13-53-34(50)42-22-12-41-27-25(29(46)26(37)16(3)28(27)45)21(14-52-33(38)49)35(41,51-5)30(22)42/h6-9,15,17,19,21-22,30H,10-14,37H2,1-5H3,(H2,36,44)(H2,38,49)(H,39,47)(H,40,48)/t17-,19-,21+,22-,30?,35+,42?/m0/s1. The summed E-state index contributed by atoms with van der Waals surface area (Å²) in [7, 11) is 1.37. The lowest BCUT2D eigenvalue weighted by Gasteiger charge is -2.40. The Balaban J connectivity index is 1.21. The van der Waals surface area contributed by atoms with Gasteiger partial charge in [0.1, 0.15) is 19.3 Å². The summed E-state index contributed by atoms with van der Waals surface area (Å²) < 4.78 is 16.7. The number of rotatable bonds is 14. The van der Waals surface area contributed by atoms with E-state index in [2.05, 4.69) is 10.6 Å². The molecule has 3 aliphatic heterocycles. The van der Waals surface area contributed by atoms with Crippen LogP contribution < -0.4 is 27.8 Å². The van der Waals surface area contributed by atoms with E-state index in [-0.39, 0.29) is 60.4 Å². The second kappa shape index (κ2) is 14.7. The van der Waals surface area contributed by atoms with Gasteiger partial charge in [0.2, 0.25) is 29.3 Å². The van der Waals surface area contributed by atoms with Crippen LogP contribution >= 0.6 is 0 Å². The Morgan fingerprint density at radius 1 is 0.962 bits per heavy atom. The number of hydrogen-bond acceptors (Lipinski definition) is 13. The molecule has 0 bridgehead atoms. The largest absolute Gasteiger partial charge is 0.449 e. The van der Waals surface area contributed by atoms with E-state index < -0.39 is 83.6 Å². The zero-order valence-corrected chi connectivity index (χ0v) is 29.9. The van der Waals surface area contributed by atoms with Gasteiger partial charge in [0, 0.05) is 49.2 Å². The summed E-state index contributed by atoms with van der Waals surface area (Å²) >= 11 is 0. The molecule has 18 heteroatoms. The Hall–Kier alpha value is -5.78. The molecule has 0 aromatic heterocycles. The summed E-state index contributed by atoms with van der Waals surface area (Å²) in [6.45, 7) is 5.87. The lowest BCUT2D eigenvalue weighted by molar-refractivity contribution is -0.144. The minimum absolute atomic E-state index is 0.0317. The third kappa shape index (κ3) is 7.05. The number of nitrogens with one attached hydrogen (secondary N) is 2. The number of piperazine rings is 1. The van der Waals surface area contributed by atoms with Crippen molar-refractivity contribution in [2.75, 3.05) is 25.6 Å². The van der Waals surface area contributed by atoms with E-state index in [4.69, 9.17) is 31.4 Å². The van der Waals surface area contributed by atoms with Crippen LogP contribution in [0.15, 0.2) is 46.8 Å². The number of carbonyl (C=O) groups is 8. The van der Waals surface area contributed by atoms with Gasteiger partial charge in [-0.1, -0.05) is 26.0 Å². The summed E-state index contributed by atoms with van der Waals surface area (Å²) in [5, 5.41) is 5.24. The second-order valence-electron chi connectivity index (χ2n) is 13.8. The van der Waals surface area contributed by atoms with Crippen molar-refractivity contribution in [2.24, 2.45) is 35.0 Å². The summed E-state index contributed by atoms with van der Waals surface area (Å²) in [6, 6.07) is 4.30. The molecule has 284 valence electrons. The minimum Gasteiger partial charge on any atom is -0.449 e. The number of benzene rings is 1. The van der Waals surface area contributed by atoms with Gasteiger partial charge in [0.15, 0.2) is 11.5 Å². The van der Waals surface area contributed by atoms with Crippen molar-refractivity contribution in [2.45, 2.75) is 71.0 Å². The zero-order valence-electron chi connectivity index (χ0n) is 29.9. The first kappa shape index (κ1) is 38.5. The summed E-state index contributed by atoms with van der Waals surface area (Å²) in [4.78, 5) is 104. The predicted molar refractivity (Wildman–Crippen MR) is 183 cm³/mol. The summed E-state index contributed by atoms with van der Waals surface area (Å²) in [5.74, 6) is -5.62. The van der Waals surface area contributed by atoms with Gasteiger partial charge in [-0.3, -0.25) is 33.7 Å². The second-order valence-corrected chi connectivity index (χ2v) is 13.8. The van der Waals surface area contributed by atoms with E-state index >= 15 is 0 Å². The molecule has 0 radical (unpaired) electrons. The highest BCUT2D eigenvalue weighted by molar-refractivity contribution is 6.25. The number of allylic oxidation sites excluding steroid dienone is 2. The Labute approximate surface area is 304 Å². The van der Waals surface area contributed by atoms with Crippen molar-refractivity contribution in [3.63, 3.8) is 0 Å². The molecule has 1 aromatic rings. The first-order valence-corrected chi connectivity index (χ1v) is 17.0. The number of fused-ring (bicyclic) bond motifs is 4. The molecule has 2 saturated heterocycles. The van der Waals surface area contributed by atoms with Crippen LogP contribution in [0.1, 0.15) is 46.1 Å². The van der Waals surface area contributed by atoms with Crippen LogP contribution in [0.5, 0.6) is 0 Å². The Kier molecular flexibility index (Phi) is 10.7. The normalized spacial score (nSPS) is 23.9. The Morgan fingerprint density at radius 2 is 1.62 bits per heavy atom. The molecule has 3 heterocycles. The van der Waals surface area contributed by atoms with Crippen LogP contribution in [0, 0.1) is 17.8 Å². The van der Waals surface area contributed by atoms with Crippen molar-refractivity contribution in [3.05, 3.63) is 52.4 Å². The summed E-state index contributed by atoms with van der Waals surface area (Å²) in [5.41, 5.74) is 16.0. The number of methoxy groups -OCH3 is 1. The maximum absolute atomic E-state index is 13.4. The van der Waals surface area contributed by atoms with Gasteiger partial charge in [0.25, 0.3) is 0 Å². The first-order valence-electron chi connectivity index (χ1n) is 17.0. The number of carbonyl (C=O) groups excluding carboxylic acids is 8. The predicted octanol–water partition coefficient (Wildman–Crippen LogP) is -0.0520. The number of ether oxygens (including phenoxy) is 3. The van der Waals surface area contributed by atoms with Crippen molar-refractivity contribution in [1.29, 1.82) is 0 Å². The molecule has 6 atom stereocenters. The van der Waals surface area contributed by atoms with Gasteiger partial charge in [-0.15, -0.1) is 0 Å². The maximum atomic E-state index is 13.4. The Morgan fingerprint density at radius 3 is 2.21 bits per heavy atom. The van der Waals surface area contributed by atoms with Gasteiger partial charge in [-0.2, -0.15) is 0 Å². The van der Waals surface area contributed by atoms with E-state index in [9.17, 15) is 38.4 Å². The number of nitrogens with two attached hydrogens (primary N) is 3. The fourth-order valence-corrected chi connectivity index (χ4v) is 7.25.